The summed E-state index contributed by atoms with van der Waals surface area (Å²) in [6.07, 6.45) is 0.731. The Morgan fingerprint density at radius 2 is 1.67 bits per heavy atom. The van der Waals surface area contributed by atoms with Crippen molar-refractivity contribution in [2.24, 2.45) is 0 Å². The van der Waals surface area contributed by atoms with Gasteiger partial charge in [0.15, 0.2) is 0 Å². The summed E-state index contributed by atoms with van der Waals surface area (Å²) in [5, 5.41) is -0.161. The first-order chi connectivity index (χ1) is 6.80. The quantitative estimate of drug-likeness (QED) is 0.552. The molecule has 1 unspecified atom stereocenters. The van der Waals surface area contributed by atoms with E-state index in [9.17, 15) is 0 Å². The highest BCUT2D eigenvalue weighted by molar-refractivity contribution is 6.59. The molecule has 0 aromatic heterocycles. The van der Waals surface area contributed by atoms with Crippen LogP contribution in [0.4, 0.5) is 0 Å². The van der Waals surface area contributed by atoms with Crippen molar-refractivity contribution in [3.63, 3.8) is 0 Å². The monoisotopic (exact) mass is 234 g/mol. The normalized spacial score (nSPS) is 25.6. The minimum Gasteiger partial charge on any atom is -0.402 e. The van der Waals surface area contributed by atoms with E-state index in [2.05, 4.69) is 0 Å². The average Bonchev–Trinajstić information content (AvgIpc) is 2.32. The van der Waals surface area contributed by atoms with E-state index in [0.717, 1.165) is 6.42 Å². The van der Waals surface area contributed by atoms with Gasteiger partial charge in [-0.05, 0) is 34.1 Å². The van der Waals surface area contributed by atoms with E-state index in [0.29, 0.717) is 6.61 Å². The first kappa shape index (κ1) is 13.3. The Hall–Kier alpha value is 0.235. The zero-order valence-electron chi connectivity index (χ0n) is 10.2. The van der Waals surface area contributed by atoms with Gasteiger partial charge >= 0.3 is 7.12 Å². The second-order valence-electron chi connectivity index (χ2n) is 4.92. The average molecular weight is 235 g/mol. The SMILES string of the molecule is COCCC(Cl)B1OC(C)(C)C(C)(C)O1. The van der Waals surface area contributed by atoms with Crippen molar-refractivity contribution in [2.75, 3.05) is 13.7 Å². The van der Waals surface area contributed by atoms with Crippen LogP contribution in [-0.2, 0) is 14.0 Å². The van der Waals surface area contributed by atoms with Gasteiger partial charge in [0.05, 0.1) is 16.5 Å². The molecule has 0 aromatic carbocycles. The lowest BCUT2D eigenvalue weighted by molar-refractivity contribution is 0.00578. The van der Waals surface area contributed by atoms with Crippen LogP contribution in [0, 0.1) is 0 Å². The van der Waals surface area contributed by atoms with Gasteiger partial charge in [0.25, 0.3) is 0 Å². The molecule has 88 valence electrons. The molecule has 1 aliphatic heterocycles. The molecule has 0 aromatic rings. The van der Waals surface area contributed by atoms with E-state index < -0.39 is 0 Å². The lowest BCUT2D eigenvalue weighted by Crippen LogP contribution is -2.41. The molecule has 1 heterocycles. The molecule has 1 rings (SSSR count). The highest BCUT2D eigenvalue weighted by Gasteiger charge is 2.53. The van der Waals surface area contributed by atoms with E-state index >= 15 is 0 Å². The maximum absolute atomic E-state index is 6.19. The second kappa shape index (κ2) is 4.62. The minimum atomic E-state index is -0.341. The predicted molar refractivity (Wildman–Crippen MR) is 62.2 cm³/mol. The third-order valence-corrected chi connectivity index (χ3v) is 3.59. The summed E-state index contributed by atoms with van der Waals surface area (Å²) in [5.41, 5.74) is -0.615. The summed E-state index contributed by atoms with van der Waals surface area (Å²) in [4.78, 5) is 0. The van der Waals surface area contributed by atoms with E-state index in [4.69, 9.17) is 25.6 Å². The number of halogens is 1. The van der Waals surface area contributed by atoms with Crippen LogP contribution in [-0.4, -0.2) is 37.3 Å². The van der Waals surface area contributed by atoms with Crippen LogP contribution in [0.25, 0.3) is 0 Å². The van der Waals surface area contributed by atoms with Gasteiger partial charge in [-0.25, -0.2) is 0 Å². The summed E-state index contributed by atoms with van der Waals surface area (Å²) in [5.74, 6) is 0. The molecule has 0 radical (unpaired) electrons. The molecular formula is C10H20BClO3. The predicted octanol–water partition coefficient (Wildman–Crippen LogP) is 2.26. The van der Waals surface area contributed by atoms with Crippen LogP contribution in [0.2, 0.25) is 0 Å². The van der Waals surface area contributed by atoms with Gasteiger partial charge in [-0.2, -0.15) is 0 Å². The fourth-order valence-corrected chi connectivity index (χ4v) is 1.59. The maximum atomic E-state index is 6.19. The van der Waals surface area contributed by atoms with Crippen LogP contribution in [0.5, 0.6) is 0 Å². The number of rotatable bonds is 4. The van der Waals surface area contributed by atoms with Gasteiger partial charge in [-0.1, -0.05) is 0 Å². The Morgan fingerprint density at radius 3 is 2.07 bits per heavy atom. The van der Waals surface area contributed by atoms with Crippen LogP contribution in [0.3, 0.4) is 0 Å². The molecule has 1 fully saturated rings. The van der Waals surface area contributed by atoms with Gasteiger partial charge in [0, 0.05) is 13.7 Å². The van der Waals surface area contributed by atoms with Crippen molar-refractivity contribution < 1.29 is 14.0 Å². The van der Waals surface area contributed by atoms with Crippen molar-refractivity contribution in [3.8, 4) is 0 Å². The lowest BCUT2D eigenvalue weighted by Gasteiger charge is -2.32. The van der Waals surface area contributed by atoms with Gasteiger partial charge in [0.2, 0.25) is 0 Å². The second-order valence-corrected chi connectivity index (χ2v) is 5.48. The summed E-state index contributed by atoms with van der Waals surface area (Å²) >= 11 is 6.19. The van der Waals surface area contributed by atoms with E-state index in [1.54, 1.807) is 7.11 Å². The van der Waals surface area contributed by atoms with Gasteiger partial charge in [-0.3, -0.25) is 0 Å². The van der Waals surface area contributed by atoms with Crippen LogP contribution in [0.1, 0.15) is 34.1 Å². The standard InChI is InChI=1S/C10H20BClO3/c1-9(2)10(3,4)15-11(14-9)8(12)6-7-13-5/h8H,6-7H2,1-5H3. The summed E-state index contributed by atoms with van der Waals surface area (Å²) < 4.78 is 16.6. The van der Waals surface area contributed by atoms with Crippen molar-refractivity contribution in [1.29, 1.82) is 0 Å². The third kappa shape index (κ3) is 2.87. The van der Waals surface area contributed by atoms with E-state index in [1.807, 2.05) is 27.7 Å². The van der Waals surface area contributed by atoms with E-state index in [-0.39, 0.29) is 23.6 Å². The number of ether oxygens (including phenoxy) is 1. The van der Waals surface area contributed by atoms with Crippen molar-refractivity contribution >= 4 is 18.7 Å². The first-order valence-corrected chi connectivity index (χ1v) is 5.72. The summed E-state index contributed by atoms with van der Waals surface area (Å²) in [6, 6.07) is 0. The zero-order valence-corrected chi connectivity index (χ0v) is 10.9. The van der Waals surface area contributed by atoms with Crippen molar-refractivity contribution in [3.05, 3.63) is 0 Å². The first-order valence-electron chi connectivity index (χ1n) is 5.29. The summed E-state index contributed by atoms with van der Waals surface area (Å²) in [6.45, 7) is 8.71. The lowest BCUT2D eigenvalue weighted by atomic mass is 9.82. The number of hydrogen-bond donors (Lipinski definition) is 0. The minimum absolute atomic E-state index is 0.161. The van der Waals surface area contributed by atoms with Gasteiger partial charge in [-0.15, -0.1) is 11.6 Å². The van der Waals surface area contributed by atoms with Crippen LogP contribution >= 0.6 is 11.6 Å². The fraction of sp³-hybridized carbons (Fsp3) is 1.00. The third-order valence-electron chi connectivity index (χ3n) is 3.16. The zero-order chi connectivity index (χ0) is 11.7. The molecule has 0 aliphatic carbocycles. The number of alkyl halides is 1. The fourth-order valence-electron chi connectivity index (χ4n) is 1.40. The number of methoxy groups -OCH3 is 1. The van der Waals surface area contributed by atoms with Crippen molar-refractivity contribution in [2.45, 2.75) is 50.6 Å². The number of hydrogen-bond acceptors (Lipinski definition) is 3. The molecule has 0 bridgehead atoms. The molecule has 1 atom stereocenters. The van der Waals surface area contributed by atoms with Gasteiger partial charge < -0.3 is 14.0 Å². The molecule has 1 saturated heterocycles. The molecule has 1 aliphatic rings. The topological polar surface area (TPSA) is 27.7 Å². The smallest absolute Gasteiger partial charge is 0.402 e. The van der Waals surface area contributed by atoms with Gasteiger partial charge in [0.1, 0.15) is 0 Å². The Balaban J connectivity index is 2.54. The highest BCUT2D eigenvalue weighted by atomic mass is 35.5. The Labute approximate surface area is 97.6 Å². The molecule has 0 spiro atoms. The molecule has 0 saturated carbocycles. The van der Waals surface area contributed by atoms with Crippen LogP contribution < -0.4 is 0 Å². The van der Waals surface area contributed by atoms with Crippen molar-refractivity contribution in [1.82, 2.24) is 0 Å². The van der Waals surface area contributed by atoms with Crippen LogP contribution in [0.15, 0.2) is 0 Å². The Bertz CT molecular complexity index is 205. The molecule has 3 nitrogen and oxygen atoms in total. The maximum Gasteiger partial charge on any atom is 0.477 e. The Morgan fingerprint density at radius 1 is 1.20 bits per heavy atom. The molecule has 0 amide bonds. The summed E-state index contributed by atoms with van der Waals surface area (Å²) in [7, 11) is 1.32. The van der Waals surface area contributed by atoms with E-state index in [1.165, 1.54) is 0 Å². The Kier molecular flexibility index (Phi) is 4.10. The molecule has 5 heteroatoms. The molecule has 15 heavy (non-hydrogen) atoms. The molecule has 0 N–H and O–H groups in total. The highest BCUT2D eigenvalue weighted by Crippen LogP contribution is 2.38. The molecular weight excluding hydrogens is 214 g/mol. The largest absolute Gasteiger partial charge is 0.477 e.